The molecule has 1 heterocycles. The Morgan fingerprint density at radius 2 is 2.29 bits per heavy atom. The molecule has 4 nitrogen and oxygen atoms in total. The molecule has 1 aliphatic rings. The van der Waals surface area contributed by atoms with Crippen molar-refractivity contribution >= 4 is 17.2 Å². The second kappa shape index (κ2) is 4.75. The molecule has 92 valence electrons. The van der Waals surface area contributed by atoms with Crippen molar-refractivity contribution in [2.24, 2.45) is 0 Å². The first-order chi connectivity index (χ1) is 8.06. The van der Waals surface area contributed by atoms with E-state index in [0.29, 0.717) is 17.3 Å². The molecule has 0 aliphatic carbocycles. The molecule has 1 unspecified atom stereocenters. The van der Waals surface area contributed by atoms with Crippen LogP contribution < -0.4 is 11.1 Å². The number of benzene rings is 1. The molecule has 0 amide bonds. The van der Waals surface area contributed by atoms with Crippen molar-refractivity contribution in [2.75, 3.05) is 31.2 Å². The number of nitrogens with two attached hydrogens (primary N) is 1. The van der Waals surface area contributed by atoms with E-state index in [1.54, 1.807) is 13.0 Å². The number of hydrogen-bond acceptors (Lipinski definition) is 4. The SMILES string of the molecule is CC(=O)c1cc(NC2CCN(C)C2)ccc1N. The van der Waals surface area contributed by atoms with Crippen LogP contribution in [0.4, 0.5) is 11.4 Å². The highest BCUT2D eigenvalue weighted by atomic mass is 16.1. The van der Waals surface area contributed by atoms with Crippen molar-refractivity contribution in [1.82, 2.24) is 4.90 Å². The number of hydrogen-bond donors (Lipinski definition) is 2. The first-order valence-corrected chi connectivity index (χ1v) is 5.92. The Kier molecular flexibility index (Phi) is 3.33. The molecule has 0 spiro atoms. The van der Waals surface area contributed by atoms with Crippen molar-refractivity contribution in [1.29, 1.82) is 0 Å². The summed E-state index contributed by atoms with van der Waals surface area (Å²) in [5.41, 5.74) is 7.89. The van der Waals surface area contributed by atoms with Crippen molar-refractivity contribution in [3.8, 4) is 0 Å². The number of nitrogen functional groups attached to an aromatic ring is 1. The Morgan fingerprint density at radius 3 is 2.88 bits per heavy atom. The van der Waals surface area contributed by atoms with Gasteiger partial charge in [-0.2, -0.15) is 0 Å². The number of nitrogens with one attached hydrogen (secondary N) is 1. The summed E-state index contributed by atoms with van der Waals surface area (Å²) in [6.07, 6.45) is 1.14. The van der Waals surface area contributed by atoms with E-state index >= 15 is 0 Å². The largest absolute Gasteiger partial charge is 0.398 e. The predicted octanol–water partition coefficient (Wildman–Crippen LogP) is 1.59. The highest BCUT2D eigenvalue weighted by Gasteiger charge is 2.19. The highest BCUT2D eigenvalue weighted by Crippen LogP contribution is 2.20. The van der Waals surface area contributed by atoms with Crippen LogP contribution >= 0.6 is 0 Å². The van der Waals surface area contributed by atoms with Crippen LogP contribution in [0.1, 0.15) is 23.7 Å². The van der Waals surface area contributed by atoms with Crippen LogP contribution in [-0.4, -0.2) is 36.9 Å². The second-order valence-corrected chi connectivity index (χ2v) is 4.75. The highest BCUT2D eigenvalue weighted by molar-refractivity contribution is 6.00. The van der Waals surface area contributed by atoms with E-state index in [2.05, 4.69) is 17.3 Å². The third-order valence-corrected chi connectivity index (χ3v) is 3.19. The Balaban J connectivity index is 2.11. The average molecular weight is 233 g/mol. The van der Waals surface area contributed by atoms with Crippen LogP contribution in [0.2, 0.25) is 0 Å². The zero-order valence-corrected chi connectivity index (χ0v) is 10.4. The molecule has 3 N–H and O–H groups in total. The standard InChI is InChI=1S/C13H19N3O/c1-9(17)12-7-10(3-4-13(12)14)15-11-5-6-16(2)8-11/h3-4,7,11,15H,5-6,8,14H2,1-2H3. The number of nitrogens with zero attached hydrogens (tertiary/aromatic N) is 1. The van der Waals surface area contributed by atoms with E-state index in [0.717, 1.165) is 25.2 Å². The topological polar surface area (TPSA) is 58.4 Å². The van der Waals surface area contributed by atoms with Gasteiger partial charge in [0.1, 0.15) is 0 Å². The first-order valence-electron chi connectivity index (χ1n) is 5.92. The lowest BCUT2D eigenvalue weighted by molar-refractivity contribution is 0.101. The fourth-order valence-corrected chi connectivity index (χ4v) is 2.24. The third-order valence-electron chi connectivity index (χ3n) is 3.19. The number of likely N-dealkylation sites (N-methyl/N-ethyl adjacent to an activating group) is 1. The molecule has 1 fully saturated rings. The number of carbonyl (C=O) groups is 1. The fraction of sp³-hybridized carbons (Fsp3) is 0.462. The Hall–Kier alpha value is -1.55. The van der Waals surface area contributed by atoms with Gasteiger partial charge in [-0.3, -0.25) is 4.79 Å². The molecule has 1 aromatic rings. The molecule has 1 aromatic carbocycles. The van der Waals surface area contributed by atoms with E-state index in [4.69, 9.17) is 5.73 Å². The molecule has 4 heteroatoms. The second-order valence-electron chi connectivity index (χ2n) is 4.75. The van der Waals surface area contributed by atoms with Crippen LogP contribution in [0, 0.1) is 0 Å². The van der Waals surface area contributed by atoms with Crippen molar-refractivity contribution in [3.63, 3.8) is 0 Å². The fourth-order valence-electron chi connectivity index (χ4n) is 2.24. The summed E-state index contributed by atoms with van der Waals surface area (Å²) < 4.78 is 0. The minimum atomic E-state index is 0.00897. The first kappa shape index (κ1) is 11.9. The van der Waals surface area contributed by atoms with Gasteiger partial charge in [0.2, 0.25) is 0 Å². The zero-order chi connectivity index (χ0) is 12.4. The van der Waals surface area contributed by atoms with Crippen molar-refractivity contribution < 1.29 is 4.79 Å². The summed E-state index contributed by atoms with van der Waals surface area (Å²) in [6.45, 7) is 3.70. The maximum atomic E-state index is 11.4. The van der Waals surface area contributed by atoms with Gasteiger partial charge in [-0.15, -0.1) is 0 Å². The molecule has 0 bridgehead atoms. The number of Topliss-reactive ketones (excluding diaryl/α,β-unsaturated/α-hetero) is 1. The summed E-state index contributed by atoms with van der Waals surface area (Å²) in [5.74, 6) is 0.00897. The molecule has 17 heavy (non-hydrogen) atoms. The molecule has 2 rings (SSSR count). The van der Waals surface area contributed by atoms with Gasteiger partial charge in [0, 0.05) is 29.5 Å². The molecule has 0 radical (unpaired) electrons. The summed E-state index contributed by atoms with van der Waals surface area (Å²) >= 11 is 0. The van der Waals surface area contributed by atoms with Crippen LogP contribution in [-0.2, 0) is 0 Å². The van der Waals surface area contributed by atoms with Crippen LogP contribution in [0.3, 0.4) is 0 Å². The van der Waals surface area contributed by atoms with E-state index in [1.807, 2.05) is 12.1 Å². The number of anilines is 2. The minimum Gasteiger partial charge on any atom is -0.398 e. The molecule has 1 aliphatic heterocycles. The van der Waals surface area contributed by atoms with Gasteiger partial charge in [0.15, 0.2) is 5.78 Å². The number of rotatable bonds is 3. The van der Waals surface area contributed by atoms with Crippen LogP contribution in [0.15, 0.2) is 18.2 Å². The van der Waals surface area contributed by atoms with Crippen LogP contribution in [0.5, 0.6) is 0 Å². The van der Waals surface area contributed by atoms with Gasteiger partial charge in [-0.1, -0.05) is 0 Å². The average Bonchev–Trinajstić information content (AvgIpc) is 2.66. The quantitative estimate of drug-likeness (QED) is 0.615. The van der Waals surface area contributed by atoms with Crippen molar-refractivity contribution in [3.05, 3.63) is 23.8 Å². The Morgan fingerprint density at radius 1 is 1.53 bits per heavy atom. The molecule has 0 aromatic heterocycles. The third kappa shape index (κ3) is 2.77. The van der Waals surface area contributed by atoms with Gasteiger partial charge < -0.3 is 16.0 Å². The van der Waals surface area contributed by atoms with E-state index in [9.17, 15) is 4.79 Å². The maximum absolute atomic E-state index is 11.4. The van der Waals surface area contributed by atoms with E-state index in [1.165, 1.54) is 0 Å². The van der Waals surface area contributed by atoms with Gasteiger partial charge in [0.25, 0.3) is 0 Å². The van der Waals surface area contributed by atoms with Gasteiger partial charge in [-0.25, -0.2) is 0 Å². The zero-order valence-electron chi connectivity index (χ0n) is 10.4. The molecule has 1 saturated heterocycles. The van der Waals surface area contributed by atoms with Crippen LogP contribution in [0.25, 0.3) is 0 Å². The van der Waals surface area contributed by atoms with Gasteiger partial charge in [-0.05, 0) is 45.1 Å². The van der Waals surface area contributed by atoms with Gasteiger partial charge in [0.05, 0.1) is 0 Å². The number of likely N-dealkylation sites (tertiary alicyclic amines) is 1. The summed E-state index contributed by atoms with van der Waals surface area (Å²) in [5, 5.41) is 3.44. The van der Waals surface area contributed by atoms with E-state index < -0.39 is 0 Å². The van der Waals surface area contributed by atoms with Gasteiger partial charge >= 0.3 is 0 Å². The predicted molar refractivity (Wildman–Crippen MR) is 70.4 cm³/mol. The summed E-state index contributed by atoms with van der Waals surface area (Å²) in [6, 6.07) is 6.02. The van der Waals surface area contributed by atoms with Crippen molar-refractivity contribution in [2.45, 2.75) is 19.4 Å². The summed E-state index contributed by atoms with van der Waals surface area (Å²) in [4.78, 5) is 13.7. The lowest BCUT2D eigenvalue weighted by atomic mass is 10.1. The molecular formula is C13H19N3O. The minimum absolute atomic E-state index is 0.00897. The Bertz CT molecular complexity index is 431. The lowest BCUT2D eigenvalue weighted by Crippen LogP contribution is -2.23. The number of ketones is 1. The van der Waals surface area contributed by atoms with E-state index in [-0.39, 0.29) is 5.78 Å². The molecule has 0 saturated carbocycles. The molecular weight excluding hydrogens is 214 g/mol. The lowest BCUT2D eigenvalue weighted by Gasteiger charge is -2.15. The number of carbonyl (C=O) groups excluding carboxylic acids is 1. The normalized spacial score (nSPS) is 20.5. The maximum Gasteiger partial charge on any atom is 0.161 e. The molecule has 1 atom stereocenters. The smallest absolute Gasteiger partial charge is 0.161 e. The Labute approximate surface area is 102 Å². The monoisotopic (exact) mass is 233 g/mol. The summed E-state index contributed by atoms with van der Waals surface area (Å²) in [7, 11) is 2.12.